The molecular formula is C17H14ClNO3. The van der Waals surface area contributed by atoms with E-state index in [1.807, 2.05) is 12.1 Å². The summed E-state index contributed by atoms with van der Waals surface area (Å²) in [5.74, 6) is -0.873. The van der Waals surface area contributed by atoms with E-state index in [4.69, 9.17) is 11.6 Å². The molecule has 112 valence electrons. The fraction of sp³-hybridized carbons (Fsp3) is 0.0588. The first-order valence-electron chi connectivity index (χ1n) is 6.52. The molecule has 1 amide bonds. The Morgan fingerprint density at radius 3 is 2.50 bits per heavy atom. The van der Waals surface area contributed by atoms with Crippen LogP contribution in [0.25, 0.3) is 6.08 Å². The molecule has 0 atom stereocenters. The van der Waals surface area contributed by atoms with Crippen molar-refractivity contribution < 1.29 is 14.3 Å². The molecule has 0 saturated carbocycles. The molecule has 2 rings (SSSR count). The molecule has 0 spiro atoms. The van der Waals surface area contributed by atoms with E-state index in [0.717, 1.165) is 5.56 Å². The molecule has 0 saturated heterocycles. The van der Waals surface area contributed by atoms with Gasteiger partial charge in [0.15, 0.2) is 0 Å². The average molecular weight is 316 g/mol. The highest BCUT2D eigenvalue weighted by Crippen LogP contribution is 2.18. The lowest BCUT2D eigenvalue weighted by Crippen LogP contribution is -2.12. The van der Waals surface area contributed by atoms with E-state index in [1.165, 1.54) is 13.2 Å². The summed E-state index contributed by atoms with van der Waals surface area (Å²) in [7, 11) is 1.29. The molecule has 0 unspecified atom stereocenters. The molecule has 0 aliphatic rings. The molecule has 22 heavy (non-hydrogen) atoms. The zero-order valence-electron chi connectivity index (χ0n) is 11.9. The summed E-state index contributed by atoms with van der Waals surface area (Å²) in [5.41, 5.74) is 1.42. The number of halogens is 1. The number of nitrogens with one attached hydrogen (secondary N) is 1. The van der Waals surface area contributed by atoms with Crippen molar-refractivity contribution in [2.75, 3.05) is 12.4 Å². The average Bonchev–Trinajstić information content (AvgIpc) is 2.54. The van der Waals surface area contributed by atoms with Gasteiger partial charge in [-0.1, -0.05) is 41.9 Å². The molecule has 4 nitrogen and oxygen atoms in total. The van der Waals surface area contributed by atoms with Crippen molar-refractivity contribution in [3.8, 4) is 0 Å². The number of amides is 1. The third-order valence-electron chi connectivity index (χ3n) is 2.91. The predicted molar refractivity (Wildman–Crippen MR) is 86.9 cm³/mol. The number of ether oxygens (including phenoxy) is 1. The van der Waals surface area contributed by atoms with Gasteiger partial charge in [0, 0.05) is 11.1 Å². The second kappa shape index (κ2) is 7.43. The first kappa shape index (κ1) is 15.8. The van der Waals surface area contributed by atoms with Crippen LogP contribution in [-0.4, -0.2) is 19.0 Å². The lowest BCUT2D eigenvalue weighted by atomic mass is 10.1. The van der Waals surface area contributed by atoms with Gasteiger partial charge < -0.3 is 10.1 Å². The quantitative estimate of drug-likeness (QED) is 0.690. The highest BCUT2D eigenvalue weighted by atomic mass is 35.5. The van der Waals surface area contributed by atoms with Crippen molar-refractivity contribution in [3.05, 3.63) is 70.8 Å². The summed E-state index contributed by atoms with van der Waals surface area (Å²) in [5, 5.41) is 3.20. The van der Waals surface area contributed by atoms with Crippen LogP contribution in [0.4, 0.5) is 5.69 Å². The first-order chi connectivity index (χ1) is 10.6. The molecule has 0 radical (unpaired) electrons. The van der Waals surface area contributed by atoms with Gasteiger partial charge in [-0.05, 0) is 29.8 Å². The van der Waals surface area contributed by atoms with Crippen LogP contribution in [0.15, 0.2) is 54.6 Å². The number of hydrogen-bond donors (Lipinski definition) is 1. The van der Waals surface area contributed by atoms with Crippen molar-refractivity contribution in [2.24, 2.45) is 0 Å². The summed E-state index contributed by atoms with van der Waals surface area (Å²) in [6.07, 6.45) is 2.97. The SMILES string of the molecule is COC(=O)c1ccccc1NC(=O)C=Cc1ccccc1Cl. The molecule has 0 aliphatic heterocycles. The monoisotopic (exact) mass is 315 g/mol. The van der Waals surface area contributed by atoms with Gasteiger partial charge in [0.25, 0.3) is 0 Å². The molecule has 5 heteroatoms. The molecule has 0 aliphatic carbocycles. The number of benzene rings is 2. The van der Waals surface area contributed by atoms with Crippen LogP contribution in [0, 0.1) is 0 Å². The maximum absolute atomic E-state index is 12.0. The fourth-order valence-corrected chi connectivity index (χ4v) is 2.03. The van der Waals surface area contributed by atoms with Gasteiger partial charge in [0.2, 0.25) is 5.91 Å². The van der Waals surface area contributed by atoms with Crippen molar-refractivity contribution in [1.82, 2.24) is 0 Å². The highest BCUT2D eigenvalue weighted by molar-refractivity contribution is 6.32. The third kappa shape index (κ3) is 3.96. The summed E-state index contributed by atoms with van der Waals surface area (Å²) in [6, 6.07) is 13.8. The van der Waals surface area contributed by atoms with Crippen LogP contribution in [0.2, 0.25) is 5.02 Å². The molecule has 2 aromatic carbocycles. The van der Waals surface area contributed by atoms with E-state index in [0.29, 0.717) is 16.3 Å². The minimum Gasteiger partial charge on any atom is -0.465 e. The highest BCUT2D eigenvalue weighted by Gasteiger charge is 2.11. The Morgan fingerprint density at radius 1 is 1.09 bits per heavy atom. The number of carbonyl (C=O) groups is 2. The second-order valence-corrected chi connectivity index (χ2v) is 4.79. The zero-order chi connectivity index (χ0) is 15.9. The first-order valence-corrected chi connectivity index (χ1v) is 6.90. The molecule has 0 aromatic heterocycles. The van der Waals surface area contributed by atoms with Crippen molar-refractivity contribution in [1.29, 1.82) is 0 Å². The van der Waals surface area contributed by atoms with Gasteiger partial charge in [0.1, 0.15) is 0 Å². The van der Waals surface area contributed by atoms with Gasteiger partial charge >= 0.3 is 5.97 Å². The van der Waals surface area contributed by atoms with Crippen molar-refractivity contribution in [2.45, 2.75) is 0 Å². The zero-order valence-corrected chi connectivity index (χ0v) is 12.6. The van der Waals surface area contributed by atoms with Gasteiger partial charge in [-0.25, -0.2) is 4.79 Å². The van der Waals surface area contributed by atoms with E-state index in [9.17, 15) is 9.59 Å². The summed E-state index contributed by atoms with van der Waals surface area (Å²) in [6.45, 7) is 0. The van der Waals surface area contributed by atoms with E-state index in [-0.39, 0.29) is 5.91 Å². The van der Waals surface area contributed by atoms with E-state index in [2.05, 4.69) is 10.1 Å². The lowest BCUT2D eigenvalue weighted by molar-refractivity contribution is -0.111. The minimum atomic E-state index is -0.508. The minimum absolute atomic E-state index is 0.296. The molecule has 0 fully saturated rings. The van der Waals surface area contributed by atoms with Gasteiger partial charge in [-0.3, -0.25) is 4.79 Å². The molecular weight excluding hydrogens is 302 g/mol. The van der Waals surface area contributed by atoms with Gasteiger partial charge in [-0.2, -0.15) is 0 Å². The third-order valence-corrected chi connectivity index (χ3v) is 3.25. The van der Waals surface area contributed by atoms with Crippen LogP contribution in [-0.2, 0) is 9.53 Å². The van der Waals surface area contributed by atoms with Crippen LogP contribution in [0.1, 0.15) is 15.9 Å². The van der Waals surface area contributed by atoms with E-state index < -0.39 is 5.97 Å². The van der Waals surface area contributed by atoms with Gasteiger partial charge in [-0.15, -0.1) is 0 Å². The standard InChI is InChI=1S/C17H14ClNO3/c1-22-17(21)13-7-3-5-9-15(13)19-16(20)11-10-12-6-2-4-8-14(12)18/h2-11H,1H3,(H,19,20). The lowest BCUT2D eigenvalue weighted by Gasteiger charge is -2.07. The Bertz CT molecular complexity index is 725. The van der Waals surface area contributed by atoms with Crippen molar-refractivity contribution >= 4 is 35.2 Å². The largest absolute Gasteiger partial charge is 0.465 e. The normalized spacial score (nSPS) is 10.5. The Hall–Kier alpha value is -2.59. The van der Waals surface area contributed by atoms with Crippen LogP contribution >= 0.6 is 11.6 Å². The number of hydrogen-bond acceptors (Lipinski definition) is 3. The molecule has 1 N–H and O–H groups in total. The van der Waals surface area contributed by atoms with E-state index >= 15 is 0 Å². The smallest absolute Gasteiger partial charge is 0.339 e. The number of carbonyl (C=O) groups excluding carboxylic acids is 2. The molecule has 2 aromatic rings. The maximum Gasteiger partial charge on any atom is 0.339 e. The Labute approximate surface area is 133 Å². The van der Waals surface area contributed by atoms with Crippen LogP contribution in [0.5, 0.6) is 0 Å². The second-order valence-electron chi connectivity index (χ2n) is 4.38. The fourth-order valence-electron chi connectivity index (χ4n) is 1.83. The maximum atomic E-state index is 12.0. The number of anilines is 1. The van der Waals surface area contributed by atoms with E-state index in [1.54, 1.807) is 42.5 Å². The number of para-hydroxylation sites is 1. The Balaban J connectivity index is 2.13. The number of methoxy groups -OCH3 is 1. The Kier molecular flexibility index (Phi) is 5.33. The Morgan fingerprint density at radius 2 is 1.77 bits per heavy atom. The molecule has 0 bridgehead atoms. The predicted octanol–water partition coefficient (Wildman–Crippen LogP) is 3.78. The van der Waals surface area contributed by atoms with Gasteiger partial charge in [0.05, 0.1) is 18.4 Å². The summed E-state index contributed by atoms with van der Waals surface area (Å²) < 4.78 is 4.68. The number of esters is 1. The van der Waals surface area contributed by atoms with Crippen molar-refractivity contribution in [3.63, 3.8) is 0 Å². The molecule has 0 heterocycles. The van der Waals surface area contributed by atoms with Crippen LogP contribution in [0.3, 0.4) is 0 Å². The topological polar surface area (TPSA) is 55.4 Å². The summed E-state index contributed by atoms with van der Waals surface area (Å²) in [4.78, 5) is 23.6. The number of rotatable bonds is 4. The summed E-state index contributed by atoms with van der Waals surface area (Å²) >= 11 is 6.01. The van der Waals surface area contributed by atoms with Crippen LogP contribution < -0.4 is 5.32 Å².